The van der Waals surface area contributed by atoms with E-state index in [1.165, 1.54) is 21.1 Å². The van der Waals surface area contributed by atoms with Crippen LogP contribution < -0.4 is 9.80 Å². The van der Waals surface area contributed by atoms with Crippen molar-refractivity contribution in [3.05, 3.63) is 102 Å². The molecule has 4 nitrogen and oxygen atoms in total. The summed E-state index contributed by atoms with van der Waals surface area (Å²) in [6, 6.07) is 32.0. The molecule has 0 unspecified atom stereocenters. The van der Waals surface area contributed by atoms with E-state index in [0.29, 0.717) is 23.1 Å². The quantitative estimate of drug-likeness (QED) is 0.237. The van der Waals surface area contributed by atoms with Gasteiger partial charge in [-0.05, 0) is 54.6 Å². The molecule has 7 heteroatoms. The van der Waals surface area contributed by atoms with Crippen LogP contribution >= 0.6 is 34.7 Å². The fraction of sp³-hybridized carbons (Fsp3) is 0.0714. The zero-order valence-corrected chi connectivity index (χ0v) is 21.0. The van der Waals surface area contributed by atoms with E-state index >= 15 is 0 Å². The zero-order chi connectivity index (χ0) is 23.8. The second kappa shape index (κ2) is 9.38. The number of hydrogen-bond acceptors (Lipinski definition) is 5. The van der Waals surface area contributed by atoms with Crippen molar-refractivity contribution in [2.45, 2.75) is 16.2 Å². The lowest BCUT2D eigenvalue weighted by molar-refractivity contribution is -0.117. The van der Waals surface area contributed by atoms with Gasteiger partial charge in [0.2, 0.25) is 5.91 Å². The van der Waals surface area contributed by atoms with Crippen molar-refractivity contribution in [3.63, 3.8) is 0 Å². The molecular formula is C28H20ClN3OS2. The maximum Gasteiger partial charge on any atom is 0.235 e. The normalized spacial score (nSPS) is 12.3. The monoisotopic (exact) mass is 513 g/mol. The SMILES string of the molecule is O=C(CCN1c2ccccc2Sc2ccccc21)N(c1cccc(Cl)c1)c1nc2ccccc2s1. The number of anilines is 4. The van der Waals surface area contributed by atoms with E-state index < -0.39 is 0 Å². The molecule has 1 aliphatic rings. The number of para-hydroxylation sites is 3. The van der Waals surface area contributed by atoms with Gasteiger partial charge in [-0.2, -0.15) is 0 Å². The molecule has 1 aromatic heterocycles. The van der Waals surface area contributed by atoms with Gasteiger partial charge in [-0.3, -0.25) is 9.69 Å². The number of carbonyl (C=O) groups excluding carboxylic acids is 1. The molecule has 0 saturated carbocycles. The Morgan fingerprint density at radius 2 is 1.54 bits per heavy atom. The number of amides is 1. The van der Waals surface area contributed by atoms with E-state index in [1.807, 2.05) is 60.7 Å². The highest BCUT2D eigenvalue weighted by Crippen LogP contribution is 2.48. The Kier molecular flexibility index (Phi) is 5.94. The largest absolute Gasteiger partial charge is 0.339 e. The van der Waals surface area contributed by atoms with Crippen LogP contribution in [0.2, 0.25) is 5.02 Å². The summed E-state index contributed by atoms with van der Waals surface area (Å²) in [5.41, 5.74) is 3.84. The molecule has 2 heterocycles. The summed E-state index contributed by atoms with van der Waals surface area (Å²) in [6.45, 7) is 0.551. The number of carbonyl (C=O) groups is 1. The van der Waals surface area contributed by atoms with Gasteiger partial charge in [0.05, 0.1) is 27.3 Å². The fourth-order valence-corrected chi connectivity index (χ4v) is 6.56. The number of halogens is 1. The highest BCUT2D eigenvalue weighted by atomic mass is 35.5. The molecule has 0 atom stereocenters. The lowest BCUT2D eigenvalue weighted by Gasteiger charge is -2.33. The van der Waals surface area contributed by atoms with Gasteiger partial charge in [0.25, 0.3) is 0 Å². The summed E-state index contributed by atoms with van der Waals surface area (Å²) in [4.78, 5) is 24.9. The Labute approximate surface area is 216 Å². The highest BCUT2D eigenvalue weighted by molar-refractivity contribution is 7.99. The average molecular weight is 514 g/mol. The Morgan fingerprint density at radius 3 is 2.26 bits per heavy atom. The van der Waals surface area contributed by atoms with Crippen LogP contribution in [0.25, 0.3) is 10.2 Å². The lowest BCUT2D eigenvalue weighted by atomic mass is 10.2. The summed E-state index contributed by atoms with van der Waals surface area (Å²) in [7, 11) is 0. The Morgan fingerprint density at radius 1 is 0.857 bits per heavy atom. The minimum absolute atomic E-state index is 0.0282. The van der Waals surface area contributed by atoms with Gasteiger partial charge < -0.3 is 4.90 Å². The molecule has 0 N–H and O–H groups in total. The van der Waals surface area contributed by atoms with Crippen LogP contribution in [0, 0.1) is 0 Å². The van der Waals surface area contributed by atoms with Crippen molar-refractivity contribution in [2.24, 2.45) is 0 Å². The van der Waals surface area contributed by atoms with E-state index in [0.717, 1.165) is 27.3 Å². The van der Waals surface area contributed by atoms with Gasteiger partial charge in [-0.1, -0.05) is 77.2 Å². The number of aromatic nitrogens is 1. The average Bonchev–Trinajstić information content (AvgIpc) is 3.30. The predicted molar refractivity (Wildman–Crippen MR) is 147 cm³/mol. The van der Waals surface area contributed by atoms with E-state index in [-0.39, 0.29) is 5.91 Å². The molecule has 0 aliphatic carbocycles. The van der Waals surface area contributed by atoms with E-state index in [2.05, 4.69) is 41.3 Å². The molecule has 0 radical (unpaired) electrons. The van der Waals surface area contributed by atoms with Gasteiger partial charge in [-0.15, -0.1) is 0 Å². The molecule has 0 bridgehead atoms. The summed E-state index contributed by atoms with van der Waals surface area (Å²) in [5.74, 6) is -0.0282. The van der Waals surface area contributed by atoms with Crippen LogP contribution in [-0.2, 0) is 4.79 Å². The third kappa shape index (κ3) is 4.29. The summed E-state index contributed by atoms with van der Waals surface area (Å²) in [6.07, 6.45) is 0.315. The van der Waals surface area contributed by atoms with E-state index in [1.54, 1.807) is 16.7 Å². The second-order valence-electron chi connectivity index (χ2n) is 8.11. The van der Waals surface area contributed by atoms with Crippen LogP contribution in [-0.4, -0.2) is 17.4 Å². The van der Waals surface area contributed by atoms with Crippen molar-refractivity contribution in [3.8, 4) is 0 Å². The standard InChI is InChI=1S/C28H20ClN3OS2/c29-19-8-7-9-20(18-19)32(28-30-21-10-1-4-13-24(21)35-28)27(33)16-17-31-22-11-2-5-14-25(22)34-26-15-6-3-12-23(26)31/h1-15,18H,16-17H2. The summed E-state index contributed by atoms with van der Waals surface area (Å²) >= 11 is 9.58. The van der Waals surface area contributed by atoms with Gasteiger partial charge in [0, 0.05) is 27.8 Å². The number of benzene rings is 4. The van der Waals surface area contributed by atoms with Crippen molar-refractivity contribution >= 4 is 73.0 Å². The van der Waals surface area contributed by atoms with Crippen molar-refractivity contribution in [1.29, 1.82) is 0 Å². The number of rotatable bonds is 5. The molecule has 172 valence electrons. The maximum atomic E-state index is 13.8. The summed E-state index contributed by atoms with van der Waals surface area (Å²) < 4.78 is 1.04. The number of nitrogens with zero attached hydrogens (tertiary/aromatic N) is 3. The smallest absolute Gasteiger partial charge is 0.235 e. The molecule has 5 aromatic rings. The molecular weight excluding hydrogens is 494 g/mol. The van der Waals surface area contributed by atoms with Gasteiger partial charge in [-0.25, -0.2) is 4.98 Å². The minimum atomic E-state index is -0.0282. The Hall–Kier alpha value is -3.32. The molecule has 0 spiro atoms. The third-order valence-electron chi connectivity index (χ3n) is 5.87. The first-order valence-electron chi connectivity index (χ1n) is 11.2. The Balaban J connectivity index is 1.35. The fourth-order valence-electron chi connectivity index (χ4n) is 4.27. The second-order valence-corrected chi connectivity index (χ2v) is 10.6. The first-order chi connectivity index (χ1) is 17.2. The van der Waals surface area contributed by atoms with E-state index in [9.17, 15) is 4.79 Å². The number of fused-ring (bicyclic) bond motifs is 3. The van der Waals surface area contributed by atoms with Crippen LogP contribution in [0.1, 0.15) is 6.42 Å². The van der Waals surface area contributed by atoms with Crippen LogP contribution in [0.5, 0.6) is 0 Å². The number of thiazole rings is 1. The molecule has 35 heavy (non-hydrogen) atoms. The topological polar surface area (TPSA) is 36.4 Å². The molecule has 6 rings (SSSR count). The van der Waals surface area contributed by atoms with Gasteiger partial charge in [0.1, 0.15) is 0 Å². The Bertz CT molecular complexity index is 1470. The third-order valence-corrected chi connectivity index (χ3v) is 8.26. The number of hydrogen-bond donors (Lipinski definition) is 0. The first-order valence-corrected chi connectivity index (χ1v) is 13.3. The first kappa shape index (κ1) is 22.2. The lowest BCUT2D eigenvalue weighted by Crippen LogP contribution is -2.31. The van der Waals surface area contributed by atoms with Crippen molar-refractivity contribution < 1.29 is 4.79 Å². The minimum Gasteiger partial charge on any atom is -0.339 e. The van der Waals surface area contributed by atoms with Gasteiger partial charge >= 0.3 is 0 Å². The molecule has 4 aromatic carbocycles. The molecule has 0 saturated heterocycles. The van der Waals surface area contributed by atoms with E-state index in [4.69, 9.17) is 16.6 Å². The van der Waals surface area contributed by atoms with Crippen molar-refractivity contribution in [2.75, 3.05) is 16.3 Å². The maximum absolute atomic E-state index is 13.8. The molecule has 1 amide bonds. The highest BCUT2D eigenvalue weighted by Gasteiger charge is 2.26. The van der Waals surface area contributed by atoms with Crippen LogP contribution in [0.15, 0.2) is 107 Å². The van der Waals surface area contributed by atoms with Crippen LogP contribution in [0.3, 0.4) is 0 Å². The van der Waals surface area contributed by atoms with Crippen LogP contribution in [0.4, 0.5) is 22.2 Å². The summed E-state index contributed by atoms with van der Waals surface area (Å²) in [5, 5.41) is 1.23. The molecule has 0 fully saturated rings. The molecule has 1 aliphatic heterocycles. The predicted octanol–water partition coefficient (Wildman–Crippen LogP) is 8.31. The van der Waals surface area contributed by atoms with Gasteiger partial charge in [0.15, 0.2) is 5.13 Å². The zero-order valence-electron chi connectivity index (χ0n) is 18.6. The van der Waals surface area contributed by atoms with Crippen molar-refractivity contribution in [1.82, 2.24) is 4.98 Å².